The van der Waals surface area contributed by atoms with Crippen molar-refractivity contribution in [3.05, 3.63) is 29.8 Å². The fourth-order valence-corrected chi connectivity index (χ4v) is 2.73. The number of hydrogen-bond donors (Lipinski definition) is 2. The number of aliphatic hydroxyl groups is 1. The van der Waals surface area contributed by atoms with Gasteiger partial charge in [0.25, 0.3) is 0 Å². The van der Waals surface area contributed by atoms with Crippen LogP contribution in [0, 0.1) is 5.92 Å². The van der Waals surface area contributed by atoms with Crippen molar-refractivity contribution in [1.29, 1.82) is 0 Å². The molecule has 3 nitrogen and oxygen atoms in total. The summed E-state index contributed by atoms with van der Waals surface area (Å²) in [7, 11) is 0. The summed E-state index contributed by atoms with van der Waals surface area (Å²) >= 11 is 0. The normalized spacial score (nSPS) is 21.5. The number of para-hydroxylation sites is 1. The highest BCUT2D eigenvalue weighted by atomic mass is 16.3. The van der Waals surface area contributed by atoms with Crippen LogP contribution >= 0.6 is 0 Å². The van der Waals surface area contributed by atoms with Gasteiger partial charge in [-0.05, 0) is 43.2 Å². The molecular formula is C16H24N2O. The summed E-state index contributed by atoms with van der Waals surface area (Å²) in [6, 6.07) is 8.64. The third-order valence-electron chi connectivity index (χ3n) is 4.25. The quantitative estimate of drug-likeness (QED) is 0.853. The lowest BCUT2D eigenvalue weighted by atomic mass is 10.1. The van der Waals surface area contributed by atoms with E-state index in [0.29, 0.717) is 0 Å². The van der Waals surface area contributed by atoms with Crippen LogP contribution in [0.1, 0.15) is 31.2 Å². The lowest BCUT2D eigenvalue weighted by Gasteiger charge is -2.30. The average Bonchev–Trinajstić information content (AvgIpc) is 3.25. The van der Waals surface area contributed by atoms with Gasteiger partial charge in [0.05, 0.1) is 6.10 Å². The van der Waals surface area contributed by atoms with E-state index in [-0.39, 0.29) is 6.10 Å². The number of nitrogens with zero attached hydrogens (tertiary/aromatic N) is 1. The molecule has 1 saturated heterocycles. The Morgan fingerprint density at radius 1 is 1.11 bits per heavy atom. The minimum atomic E-state index is -0.0838. The first-order valence-corrected chi connectivity index (χ1v) is 7.53. The Morgan fingerprint density at radius 2 is 1.84 bits per heavy atom. The van der Waals surface area contributed by atoms with Gasteiger partial charge in [0.2, 0.25) is 0 Å². The second-order valence-electron chi connectivity index (χ2n) is 5.99. The molecule has 1 aromatic carbocycles. The van der Waals surface area contributed by atoms with E-state index in [1.807, 2.05) is 0 Å². The minimum absolute atomic E-state index is 0.0838. The largest absolute Gasteiger partial charge is 0.393 e. The third kappa shape index (κ3) is 3.71. The van der Waals surface area contributed by atoms with E-state index in [9.17, 15) is 5.11 Å². The Morgan fingerprint density at radius 3 is 2.58 bits per heavy atom. The van der Waals surface area contributed by atoms with Crippen LogP contribution < -0.4 is 5.32 Å². The summed E-state index contributed by atoms with van der Waals surface area (Å²) in [6.45, 7) is 4.15. The number of likely N-dealkylation sites (tertiary alicyclic amines) is 1. The van der Waals surface area contributed by atoms with Crippen molar-refractivity contribution in [3.8, 4) is 0 Å². The number of rotatable bonds is 5. The molecule has 0 spiro atoms. The second-order valence-corrected chi connectivity index (χ2v) is 5.99. The molecule has 2 fully saturated rings. The molecule has 104 valence electrons. The fourth-order valence-electron chi connectivity index (χ4n) is 2.73. The van der Waals surface area contributed by atoms with Gasteiger partial charge in [-0.2, -0.15) is 0 Å². The van der Waals surface area contributed by atoms with Crippen molar-refractivity contribution in [2.75, 3.05) is 25.0 Å². The molecule has 1 heterocycles. The summed E-state index contributed by atoms with van der Waals surface area (Å²) < 4.78 is 0. The van der Waals surface area contributed by atoms with E-state index in [2.05, 4.69) is 34.5 Å². The van der Waals surface area contributed by atoms with Crippen LogP contribution in [0.3, 0.4) is 0 Å². The number of hydrogen-bond acceptors (Lipinski definition) is 3. The van der Waals surface area contributed by atoms with Crippen LogP contribution in [-0.4, -0.2) is 35.7 Å². The fraction of sp³-hybridized carbons (Fsp3) is 0.625. The number of aliphatic hydroxyl groups excluding tert-OH is 1. The number of piperidine rings is 1. The minimum Gasteiger partial charge on any atom is -0.393 e. The molecule has 0 aromatic heterocycles. The highest BCUT2D eigenvalue weighted by Crippen LogP contribution is 2.29. The molecule has 1 saturated carbocycles. The van der Waals surface area contributed by atoms with Gasteiger partial charge in [-0.3, -0.25) is 4.90 Å². The lowest BCUT2D eigenvalue weighted by molar-refractivity contribution is 0.0793. The van der Waals surface area contributed by atoms with E-state index in [1.54, 1.807) is 0 Å². The van der Waals surface area contributed by atoms with Crippen LogP contribution in [0.25, 0.3) is 0 Å². The summed E-state index contributed by atoms with van der Waals surface area (Å²) in [4.78, 5) is 2.45. The zero-order chi connectivity index (χ0) is 13.1. The van der Waals surface area contributed by atoms with E-state index < -0.39 is 0 Å². The molecular weight excluding hydrogens is 236 g/mol. The third-order valence-corrected chi connectivity index (χ3v) is 4.25. The van der Waals surface area contributed by atoms with E-state index >= 15 is 0 Å². The number of benzene rings is 1. The van der Waals surface area contributed by atoms with Gasteiger partial charge in [-0.25, -0.2) is 0 Å². The highest BCUT2D eigenvalue weighted by molar-refractivity contribution is 5.51. The first-order valence-electron chi connectivity index (χ1n) is 7.53. The van der Waals surface area contributed by atoms with E-state index in [1.165, 1.54) is 24.1 Å². The van der Waals surface area contributed by atoms with E-state index in [4.69, 9.17) is 0 Å². The molecule has 1 aromatic rings. The van der Waals surface area contributed by atoms with Crippen LogP contribution in [-0.2, 0) is 6.54 Å². The molecule has 2 aliphatic rings. The molecule has 19 heavy (non-hydrogen) atoms. The van der Waals surface area contributed by atoms with Crippen molar-refractivity contribution < 1.29 is 5.11 Å². The molecule has 2 N–H and O–H groups in total. The maximum absolute atomic E-state index is 9.56. The van der Waals surface area contributed by atoms with Crippen molar-refractivity contribution in [1.82, 2.24) is 4.90 Å². The van der Waals surface area contributed by atoms with E-state index in [0.717, 1.165) is 44.9 Å². The molecule has 3 heteroatoms. The Bertz CT molecular complexity index is 409. The van der Waals surface area contributed by atoms with Crippen molar-refractivity contribution >= 4 is 5.69 Å². The van der Waals surface area contributed by atoms with Crippen LogP contribution in [0.5, 0.6) is 0 Å². The number of anilines is 1. The van der Waals surface area contributed by atoms with Gasteiger partial charge in [0.1, 0.15) is 0 Å². The average molecular weight is 260 g/mol. The van der Waals surface area contributed by atoms with Crippen LogP contribution in [0.4, 0.5) is 5.69 Å². The second kappa shape index (κ2) is 5.93. The number of nitrogens with one attached hydrogen (secondary N) is 1. The van der Waals surface area contributed by atoms with Gasteiger partial charge >= 0.3 is 0 Å². The summed E-state index contributed by atoms with van der Waals surface area (Å²) in [5.74, 6) is 0.901. The van der Waals surface area contributed by atoms with Crippen molar-refractivity contribution in [2.45, 2.75) is 38.3 Å². The smallest absolute Gasteiger partial charge is 0.0564 e. The first kappa shape index (κ1) is 12.9. The maximum atomic E-state index is 9.56. The van der Waals surface area contributed by atoms with Crippen molar-refractivity contribution in [2.24, 2.45) is 5.92 Å². The Hall–Kier alpha value is -1.06. The molecule has 0 bridgehead atoms. The van der Waals surface area contributed by atoms with Crippen LogP contribution in [0.15, 0.2) is 24.3 Å². The molecule has 0 radical (unpaired) electrons. The SMILES string of the molecule is OC1CCN(Cc2ccccc2NCC2CC2)CC1. The topological polar surface area (TPSA) is 35.5 Å². The Labute approximate surface area is 115 Å². The highest BCUT2D eigenvalue weighted by Gasteiger charge is 2.21. The predicted molar refractivity (Wildman–Crippen MR) is 78.2 cm³/mol. The first-order chi connectivity index (χ1) is 9.31. The molecule has 0 atom stereocenters. The monoisotopic (exact) mass is 260 g/mol. The zero-order valence-corrected chi connectivity index (χ0v) is 11.5. The van der Waals surface area contributed by atoms with Gasteiger partial charge in [-0.15, -0.1) is 0 Å². The maximum Gasteiger partial charge on any atom is 0.0564 e. The molecule has 0 unspecified atom stereocenters. The molecule has 1 aliphatic heterocycles. The van der Waals surface area contributed by atoms with Gasteiger partial charge in [-0.1, -0.05) is 18.2 Å². The van der Waals surface area contributed by atoms with Gasteiger partial charge < -0.3 is 10.4 Å². The van der Waals surface area contributed by atoms with Gasteiger partial charge in [0, 0.05) is 31.9 Å². The summed E-state index contributed by atoms with van der Waals surface area (Å²) in [6.07, 6.45) is 4.52. The summed E-state index contributed by atoms with van der Waals surface area (Å²) in [5, 5.41) is 13.2. The predicted octanol–water partition coefficient (Wildman–Crippen LogP) is 2.47. The van der Waals surface area contributed by atoms with Gasteiger partial charge in [0.15, 0.2) is 0 Å². The van der Waals surface area contributed by atoms with Crippen molar-refractivity contribution in [3.63, 3.8) is 0 Å². The molecule has 0 amide bonds. The standard InChI is InChI=1S/C16H24N2O/c19-15-7-9-18(10-8-15)12-14-3-1-2-4-16(14)17-11-13-5-6-13/h1-4,13,15,17,19H,5-12H2. The summed E-state index contributed by atoms with van der Waals surface area (Å²) in [5.41, 5.74) is 2.68. The van der Waals surface area contributed by atoms with Crippen LogP contribution in [0.2, 0.25) is 0 Å². The zero-order valence-electron chi connectivity index (χ0n) is 11.5. The Balaban J connectivity index is 1.59. The Kier molecular flexibility index (Phi) is 4.04. The molecule has 3 rings (SSSR count). The lowest BCUT2D eigenvalue weighted by Crippen LogP contribution is -2.35. The molecule has 1 aliphatic carbocycles.